The fraction of sp³-hybridized carbons (Fsp3) is 0.357. The minimum Gasteiger partial charge on any atom is -0.477 e. The number of nitrogens with one attached hydrogen (secondary N) is 2. The van der Waals surface area contributed by atoms with Crippen molar-refractivity contribution in [2.45, 2.75) is 6.10 Å². The molecule has 0 bridgehead atoms. The van der Waals surface area contributed by atoms with Gasteiger partial charge in [-0.1, -0.05) is 13.2 Å². The van der Waals surface area contributed by atoms with E-state index in [9.17, 15) is 14.4 Å². The molecular formula is C14H19N3O5. The second-order valence-corrected chi connectivity index (χ2v) is 4.43. The fourth-order valence-electron chi connectivity index (χ4n) is 1.76. The average Bonchev–Trinajstić information content (AvgIpc) is 2.53. The summed E-state index contributed by atoms with van der Waals surface area (Å²) >= 11 is 0. The van der Waals surface area contributed by atoms with E-state index in [4.69, 9.17) is 9.84 Å². The third-order valence-electron chi connectivity index (χ3n) is 2.82. The first-order valence-electron chi connectivity index (χ1n) is 6.61. The molecule has 1 heterocycles. The monoisotopic (exact) mass is 309 g/mol. The zero-order chi connectivity index (χ0) is 16.5. The number of carboxylic acid groups (broad SMARTS) is 1. The molecule has 120 valence electrons. The molecule has 3 N–H and O–H groups in total. The van der Waals surface area contributed by atoms with E-state index in [1.54, 1.807) is 0 Å². The van der Waals surface area contributed by atoms with Gasteiger partial charge in [-0.15, -0.1) is 0 Å². The van der Waals surface area contributed by atoms with Crippen molar-refractivity contribution in [1.82, 2.24) is 15.5 Å². The third-order valence-corrected chi connectivity index (χ3v) is 2.82. The molecule has 2 amide bonds. The Hall–Kier alpha value is -2.45. The van der Waals surface area contributed by atoms with Gasteiger partial charge in [0, 0.05) is 19.3 Å². The molecule has 0 aromatic carbocycles. The molecule has 1 rings (SSSR count). The van der Waals surface area contributed by atoms with Crippen LogP contribution < -0.4 is 10.6 Å². The third kappa shape index (κ3) is 5.51. The highest BCUT2D eigenvalue weighted by molar-refractivity contribution is 5.97. The first kappa shape index (κ1) is 17.6. The number of aliphatic carboxylic acids is 1. The molecule has 8 heteroatoms. The normalized spacial score (nSPS) is 18.2. The maximum absolute atomic E-state index is 11.9. The summed E-state index contributed by atoms with van der Waals surface area (Å²) in [5.74, 6) is -2.56. The summed E-state index contributed by atoms with van der Waals surface area (Å²) in [6.07, 6.45) is 2.76. The Morgan fingerprint density at radius 2 is 2.09 bits per heavy atom. The Morgan fingerprint density at radius 3 is 2.59 bits per heavy atom. The number of amides is 2. The SMILES string of the molecule is C=CC(=O)NC(=CN(CC1CNCCO1)C(=O)C=C)C(=O)O. The van der Waals surface area contributed by atoms with Crippen LogP contribution in [-0.2, 0) is 19.1 Å². The van der Waals surface area contributed by atoms with Crippen LogP contribution in [0.5, 0.6) is 0 Å². The van der Waals surface area contributed by atoms with Crippen LogP contribution >= 0.6 is 0 Å². The van der Waals surface area contributed by atoms with E-state index in [1.807, 2.05) is 0 Å². The summed E-state index contributed by atoms with van der Waals surface area (Å²) in [6, 6.07) is 0. The Kier molecular flexibility index (Phi) is 7.00. The van der Waals surface area contributed by atoms with Gasteiger partial charge in [-0.05, 0) is 12.2 Å². The first-order valence-corrected chi connectivity index (χ1v) is 6.61. The molecule has 0 aliphatic carbocycles. The fourth-order valence-corrected chi connectivity index (χ4v) is 1.76. The standard InChI is InChI=1S/C14H19N3O5/c1-3-12(18)16-11(14(20)21)9-17(13(19)4-2)8-10-7-15-5-6-22-10/h3-4,9-10,15H,1-2,5-8H2,(H,16,18)(H,20,21). The summed E-state index contributed by atoms with van der Waals surface area (Å²) in [5.41, 5.74) is -0.441. The Morgan fingerprint density at radius 1 is 1.36 bits per heavy atom. The van der Waals surface area contributed by atoms with Crippen LogP contribution in [0.1, 0.15) is 0 Å². The number of carboxylic acids is 1. The van der Waals surface area contributed by atoms with Gasteiger partial charge in [0.1, 0.15) is 5.70 Å². The van der Waals surface area contributed by atoms with Crippen LogP contribution in [0.4, 0.5) is 0 Å². The first-order chi connectivity index (χ1) is 10.5. The maximum Gasteiger partial charge on any atom is 0.353 e. The smallest absolute Gasteiger partial charge is 0.353 e. The lowest BCUT2D eigenvalue weighted by Gasteiger charge is -2.28. The predicted octanol–water partition coefficient (Wildman–Crippen LogP) is -0.782. The van der Waals surface area contributed by atoms with Crippen LogP contribution in [0.25, 0.3) is 0 Å². The molecule has 8 nitrogen and oxygen atoms in total. The van der Waals surface area contributed by atoms with Crippen molar-refractivity contribution in [2.75, 3.05) is 26.2 Å². The molecule has 1 fully saturated rings. The van der Waals surface area contributed by atoms with Gasteiger partial charge in [-0.25, -0.2) is 4.79 Å². The van der Waals surface area contributed by atoms with Gasteiger partial charge in [0.15, 0.2) is 0 Å². The van der Waals surface area contributed by atoms with Crippen LogP contribution in [-0.4, -0.2) is 60.1 Å². The van der Waals surface area contributed by atoms with Crippen molar-refractivity contribution in [3.8, 4) is 0 Å². The summed E-state index contributed by atoms with van der Waals surface area (Å²) in [6.45, 7) is 8.51. The van der Waals surface area contributed by atoms with E-state index >= 15 is 0 Å². The number of carbonyl (C=O) groups is 3. The number of morpholine rings is 1. The zero-order valence-corrected chi connectivity index (χ0v) is 12.1. The van der Waals surface area contributed by atoms with E-state index in [2.05, 4.69) is 23.8 Å². The second-order valence-electron chi connectivity index (χ2n) is 4.43. The van der Waals surface area contributed by atoms with Gasteiger partial charge >= 0.3 is 5.97 Å². The van der Waals surface area contributed by atoms with Gasteiger partial charge < -0.3 is 25.4 Å². The topological polar surface area (TPSA) is 108 Å². The van der Waals surface area contributed by atoms with Gasteiger partial charge in [-0.2, -0.15) is 0 Å². The summed E-state index contributed by atoms with van der Waals surface area (Å²) < 4.78 is 5.48. The minimum atomic E-state index is -1.38. The summed E-state index contributed by atoms with van der Waals surface area (Å²) in [4.78, 5) is 35.4. The molecule has 1 saturated heterocycles. The van der Waals surface area contributed by atoms with Crippen molar-refractivity contribution in [3.05, 3.63) is 37.2 Å². The number of hydrogen-bond donors (Lipinski definition) is 3. The molecule has 0 saturated carbocycles. The summed E-state index contributed by atoms with van der Waals surface area (Å²) in [7, 11) is 0. The van der Waals surface area contributed by atoms with Crippen molar-refractivity contribution >= 4 is 17.8 Å². The van der Waals surface area contributed by atoms with Gasteiger partial charge in [0.25, 0.3) is 0 Å². The average molecular weight is 309 g/mol. The van der Waals surface area contributed by atoms with Crippen LogP contribution in [0, 0.1) is 0 Å². The minimum absolute atomic E-state index is 0.137. The van der Waals surface area contributed by atoms with Crippen molar-refractivity contribution in [2.24, 2.45) is 0 Å². The molecule has 0 aromatic heterocycles. The highest BCUT2D eigenvalue weighted by Gasteiger charge is 2.21. The Labute approximate surface area is 128 Å². The molecule has 1 aliphatic heterocycles. The Balaban J connectivity index is 2.91. The lowest BCUT2D eigenvalue weighted by atomic mass is 10.2. The molecule has 22 heavy (non-hydrogen) atoms. The zero-order valence-electron chi connectivity index (χ0n) is 12.1. The highest BCUT2D eigenvalue weighted by atomic mass is 16.5. The lowest BCUT2D eigenvalue weighted by Crippen LogP contribution is -2.45. The number of hydrogen-bond acceptors (Lipinski definition) is 5. The molecule has 0 radical (unpaired) electrons. The van der Waals surface area contributed by atoms with E-state index < -0.39 is 23.5 Å². The quantitative estimate of drug-likeness (QED) is 0.532. The highest BCUT2D eigenvalue weighted by Crippen LogP contribution is 2.05. The second kappa shape index (κ2) is 8.75. The van der Waals surface area contributed by atoms with Crippen LogP contribution in [0.2, 0.25) is 0 Å². The van der Waals surface area contributed by atoms with Crippen molar-refractivity contribution < 1.29 is 24.2 Å². The van der Waals surface area contributed by atoms with Gasteiger partial charge in [0.2, 0.25) is 11.8 Å². The molecule has 1 unspecified atom stereocenters. The van der Waals surface area contributed by atoms with E-state index in [0.29, 0.717) is 13.2 Å². The summed E-state index contributed by atoms with van der Waals surface area (Å²) in [5, 5.41) is 14.3. The van der Waals surface area contributed by atoms with Crippen LogP contribution in [0.3, 0.4) is 0 Å². The molecule has 0 spiro atoms. The number of carbonyl (C=O) groups excluding carboxylic acids is 2. The van der Waals surface area contributed by atoms with Gasteiger partial charge in [-0.3, -0.25) is 9.59 Å². The van der Waals surface area contributed by atoms with Crippen molar-refractivity contribution in [1.29, 1.82) is 0 Å². The van der Waals surface area contributed by atoms with Crippen molar-refractivity contribution in [3.63, 3.8) is 0 Å². The molecule has 1 aliphatic rings. The van der Waals surface area contributed by atoms with E-state index in [0.717, 1.165) is 29.8 Å². The van der Waals surface area contributed by atoms with E-state index in [-0.39, 0.29) is 12.6 Å². The lowest BCUT2D eigenvalue weighted by molar-refractivity contribution is -0.134. The molecule has 0 aromatic rings. The van der Waals surface area contributed by atoms with Crippen LogP contribution in [0.15, 0.2) is 37.2 Å². The number of rotatable bonds is 7. The maximum atomic E-state index is 11.9. The largest absolute Gasteiger partial charge is 0.477 e. The Bertz CT molecular complexity index is 495. The molecular weight excluding hydrogens is 290 g/mol. The van der Waals surface area contributed by atoms with Gasteiger partial charge in [0.05, 0.1) is 19.3 Å². The van der Waals surface area contributed by atoms with E-state index in [1.165, 1.54) is 0 Å². The molecule has 1 atom stereocenters. The number of ether oxygens (including phenoxy) is 1. The predicted molar refractivity (Wildman–Crippen MR) is 78.6 cm³/mol. The number of nitrogens with zero attached hydrogens (tertiary/aromatic N) is 1.